The Bertz CT molecular complexity index is 1320. The van der Waals surface area contributed by atoms with E-state index in [0.717, 1.165) is 9.87 Å². The fourth-order valence-electron chi connectivity index (χ4n) is 3.90. The molecule has 0 aliphatic heterocycles. The third kappa shape index (κ3) is 6.61. The van der Waals surface area contributed by atoms with Crippen LogP contribution in [0, 0.1) is 0 Å². The molecule has 0 spiro atoms. The first-order valence-electron chi connectivity index (χ1n) is 11.7. The molecule has 2 amide bonds. The van der Waals surface area contributed by atoms with Crippen LogP contribution in [0.15, 0.2) is 83.8 Å². The van der Waals surface area contributed by atoms with Crippen LogP contribution in [0.3, 0.4) is 0 Å². The molecule has 0 heterocycles. The molecule has 0 bridgehead atoms. The van der Waals surface area contributed by atoms with Gasteiger partial charge in [-0.3, -0.25) is 13.9 Å². The third-order valence-corrected chi connectivity index (χ3v) is 7.97. The van der Waals surface area contributed by atoms with Gasteiger partial charge in [-0.15, -0.1) is 0 Å². The average molecular weight is 544 g/mol. The van der Waals surface area contributed by atoms with Gasteiger partial charge in [0.2, 0.25) is 11.8 Å². The van der Waals surface area contributed by atoms with Gasteiger partial charge in [0.05, 0.1) is 22.7 Å². The van der Waals surface area contributed by atoms with Crippen molar-refractivity contribution >= 4 is 39.1 Å². The fraction of sp³-hybridized carbons (Fsp3) is 0.259. The van der Waals surface area contributed by atoms with E-state index in [2.05, 4.69) is 5.32 Å². The van der Waals surface area contributed by atoms with Gasteiger partial charge in [0, 0.05) is 13.6 Å². The molecule has 0 radical (unpaired) electrons. The summed E-state index contributed by atoms with van der Waals surface area (Å²) in [6, 6.07) is 20.5. The summed E-state index contributed by atoms with van der Waals surface area (Å²) >= 11 is 6.39. The number of hydrogen-bond acceptors (Lipinski definition) is 5. The maximum Gasteiger partial charge on any atom is 0.264 e. The molecule has 0 aliphatic carbocycles. The summed E-state index contributed by atoms with van der Waals surface area (Å²) in [6.07, 6.45) is 0.332. The number of amides is 2. The van der Waals surface area contributed by atoms with Crippen molar-refractivity contribution in [2.24, 2.45) is 0 Å². The number of anilines is 1. The number of benzene rings is 3. The van der Waals surface area contributed by atoms with Crippen LogP contribution < -0.4 is 14.4 Å². The predicted molar refractivity (Wildman–Crippen MR) is 144 cm³/mol. The number of halogens is 1. The number of likely N-dealkylation sites (N-methyl/N-ethyl adjacent to an activating group) is 1. The van der Waals surface area contributed by atoms with Gasteiger partial charge in [0.1, 0.15) is 18.3 Å². The summed E-state index contributed by atoms with van der Waals surface area (Å²) in [5.41, 5.74) is 0.922. The lowest BCUT2D eigenvalue weighted by molar-refractivity contribution is -0.140. The highest BCUT2D eigenvalue weighted by Crippen LogP contribution is 2.30. The number of carbonyl (C=O) groups excluding carboxylic acids is 2. The predicted octanol–water partition coefficient (Wildman–Crippen LogP) is 4.10. The van der Waals surface area contributed by atoms with E-state index in [4.69, 9.17) is 16.3 Å². The summed E-state index contributed by atoms with van der Waals surface area (Å²) in [5, 5.41) is 2.78. The van der Waals surface area contributed by atoms with Crippen molar-refractivity contribution in [3.05, 3.63) is 89.4 Å². The molecule has 0 aromatic heterocycles. The van der Waals surface area contributed by atoms with E-state index in [-0.39, 0.29) is 28.1 Å². The van der Waals surface area contributed by atoms with Gasteiger partial charge in [-0.25, -0.2) is 8.42 Å². The zero-order valence-electron chi connectivity index (χ0n) is 20.9. The molecule has 196 valence electrons. The summed E-state index contributed by atoms with van der Waals surface area (Å²) in [5.74, 6) is -0.246. The standard InChI is InChI=1S/C27H30ClN3O5S/c1-4-24(27(33)29-2)30(18-20-14-16-21(36-3)17-15-20)26(32)19-31(25-13-9-8-12-23(25)28)37(34,35)22-10-6-5-7-11-22/h5-17,24H,4,18-19H2,1-3H3,(H,29,33)/t24-/m0/s1. The Labute approximate surface area is 222 Å². The molecule has 3 aromatic rings. The minimum absolute atomic E-state index is 0.0165. The van der Waals surface area contributed by atoms with Crippen LogP contribution >= 0.6 is 11.6 Å². The zero-order chi connectivity index (χ0) is 27.0. The topological polar surface area (TPSA) is 96.0 Å². The third-order valence-electron chi connectivity index (χ3n) is 5.88. The molecule has 3 rings (SSSR count). The molecule has 3 aromatic carbocycles. The Morgan fingerprint density at radius 3 is 2.16 bits per heavy atom. The van der Waals surface area contributed by atoms with Gasteiger partial charge in [-0.05, 0) is 48.4 Å². The van der Waals surface area contributed by atoms with E-state index in [0.29, 0.717) is 12.2 Å². The summed E-state index contributed by atoms with van der Waals surface area (Å²) < 4.78 is 33.6. The molecule has 0 fully saturated rings. The van der Waals surface area contributed by atoms with Crippen LogP contribution in [0.25, 0.3) is 0 Å². The van der Waals surface area contributed by atoms with Gasteiger partial charge < -0.3 is 15.0 Å². The Morgan fingerprint density at radius 1 is 0.973 bits per heavy atom. The monoisotopic (exact) mass is 543 g/mol. The van der Waals surface area contributed by atoms with E-state index < -0.39 is 28.5 Å². The molecule has 8 nitrogen and oxygen atoms in total. The lowest BCUT2D eigenvalue weighted by Crippen LogP contribution is -2.51. The maximum atomic E-state index is 13.8. The largest absolute Gasteiger partial charge is 0.497 e. The van der Waals surface area contributed by atoms with Crippen molar-refractivity contribution < 1.29 is 22.7 Å². The van der Waals surface area contributed by atoms with E-state index in [1.54, 1.807) is 80.8 Å². The van der Waals surface area contributed by atoms with E-state index in [1.807, 2.05) is 0 Å². The van der Waals surface area contributed by atoms with E-state index in [9.17, 15) is 18.0 Å². The van der Waals surface area contributed by atoms with Crippen LogP contribution in [0.5, 0.6) is 5.75 Å². The Hall–Kier alpha value is -3.56. The van der Waals surface area contributed by atoms with Crippen molar-refractivity contribution in [3.63, 3.8) is 0 Å². The normalized spacial score (nSPS) is 11.9. The van der Waals surface area contributed by atoms with Crippen LogP contribution in [0.2, 0.25) is 5.02 Å². The SMILES string of the molecule is CC[C@@H](C(=O)NC)N(Cc1ccc(OC)cc1)C(=O)CN(c1ccccc1Cl)S(=O)(=O)c1ccccc1. The number of carbonyl (C=O) groups is 2. The van der Waals surface area contributed by atoms with Crippen molar-refractivity contribution in [1.82, 2.24) is 10.2 Å². The second-order valence-corrected chi connectivity index (χ2v) is 10.5. The molecular formula is C27H30ClN3O5S. The first-order chi connectivity index (χ1) is 17.7. The van der Waals surface area contributed by atoms with E-state index >= 15 is 0 Å². The first-order valence-corrected chi connectivity index (χ1v) is 13.5. The lowest BCUT2D eigenvalue weighted by atomic mass is 10.1. The van der Waals surface area contributed by atoms with E-state index in [1.165, 1.54) is 24.1 Å². The smallest absolute Gasteiger partial charge is 0.264 e. The Morgan fingerprint density at radius 2 is 1.59 bits per heavy atom. The summed E-state index contributed by atoms with van der Waals surface area (Å²) in [6.45, 7) is 1.34. The van der Waals surface area contributed by atoms with Gasteiger partial charge >= 0.3 is 0 Å². The highest BCUT2D eigenvalue weighted by molar-refractivity contribution is 7.92. The molecule has 0 saturated heterocycles. The Kier molecular flexibility index (Phi) is 9.54. The minimum Gasteiger partial charge on any atom is -0.497 e. The number of nitrogens with one attached hydrogen (secondary N) is 1. The lowest BCUT2D eigenvalue weighted by Gasteiger charge is -2.33. The van der Waals surface area contributed by atoms with Crippen LogP contribution in [-0.4, -0.2) is 51.9 Å². The molecule has 0 saturated carbocycles. The number of para-hydroxylation sites is 1. The number of hydrogen-bond donors (Lipinski definition) is 1. The van der Waals surface area contributed by atoms with Gasteiger partial charge in [0.15, 0.2) is 0 Å². The number of sulfonamides is 1. The number of methoxy groups -OCH3 is 1. The van der Waals surface area contributed by atoms with Crippen LogP contribution in [-0.2, 0) is 26.2 Å². The van der Waals surface area contributed by atoms with Gasteiger partial charge in [-0.1, -0.05) is 61.0 Å². The molecule has 37 heavy (non-hydrogen) atoms. The summed E-state index contributed by atoms with van der Waals surface area (Å²) in [4.78, 5) is 28.0. The molecule has 0 aliphatic rings. The van der Waals surface area contributed by atoms with Crippen LogP contribution in [0.1, 0.15) is 18.9 Å². The molecule has 10 heteroatoms. The van der Waals surface area contributed by atoms with Crippen molar-refractivity contribution in [1.29, 1.82) is 0 Å². The van der Waals surface area contributed by atoms with Crippen LogP contribution in [0.4, 0.5) is 5.69 Å². The maximum absolute atomic E-state index is 13.8. The molecule has 1 N–H and O–H groups in total. The molecule has 1 atom stereocenters. The molecular weight excluding hydrogens is 514 g/mol. The Balaban J connectivity index is 2.05. The van der Waals surface area contributed by atoms with Gasteiger partial charge in [-0.2, -0.15) is 0 Å². The second kappa shape index (κ2) is 12.6. The second-order valence-electron chi connectivity index (χ2n) is 8.18. The van der Waals surface area contributed by atoms with Crippen molar-refractivity contribution in [2.45, 2.75) is 30.8 Å². The fourth-order valence-corrected chi connectivity index (χ4v) is 5.64. The van der Waals surface area contributed by atoms with Gasteiger partial charge in [0.25, 0.3) is 10.0 Å². The zero-order valence-corrected chi connectivity index (χ0v) is 22.5. The average Bonchev–Trinajstić information content (AvgIpc) is 2.92. The van der Waals surface area contributed by atoms with Crippen molar-refractivity contribution in [2.75, 3.05) is 25.0 Å². The quantitative estimate of drug-likeness (QED) is 0.393. The highest BCUT2D eigenvalue weighted by Gasteiger charge is 2.34. The highest BCUT2D eigenvalue weighted by atomic mass is 35.5. The summed E-state index contributed by atoms with van der Waals surface area (Å²) in [7, 11) is -1.11. The van der Waals surface area contributed by atoms with Crippen molar-refractivity contribution in [3.8, 4) is 5.75 Å². The number of rotatable bonds is 11. The number of nitrogens with zero attached hydrogens (tertiary/aromatic N) is 2. The number of ether oxygens (including phenoxy) is 1. The molecule has 0 unspecified atom stereocenters. The minimum atomic E-state index is -4.16. The first kappa shape index (κ1) is 28.0.